The van der Waals surface area contributed by atoms with E-state index in [4.69, 9.17) is 23.2 Å². The zero-order chi connectivity index (χ0) is 11.0. The molecule has 0 unspecified atom stereocenters. The van der Waals surface area contributed by atoms with Crippen LogP contribution >= 0.6 is 23.2 Å². The Balaban J connectivity index is 2.45. The van der Waals surface area contributed by atoms with E-state index in [9.17, 15) is 0 Å². The normalized spacial score (nSPS) is 22.3. The van der Waals surface area contributed by atoms with Gasteiger partial charge in [0.25, 0.3) is 0 Å². The fraction of sp³-hybridized carbons (Fsp3) is 0.500. The lowest BCUT2D eigenvalue weighted by molar-refractivity contribution is 0.332. The molecular weight excluding hydrogens is 229 g/mol. The van der Waals surface area contributed by atoms with Crippen LogP contribution in [0.25, 0.3) is 0 Å². The molecule has 0 N–H and O–H groups in total. The van der Waals surface area contributed by atoms with Crippen molar-refractivity contribution in [3.05, 3.63) is 33.3 Å². The molecule has 0 radical (unpaired) electrons. The quantitative estimate of drug-likeness (QED) is 0.674. The predicted octanol–water partition coefficient (Wildman–Crippen LogP) is 3.58. The number of hydrogen-bond acceptors (Lipinski definition) is 1. The number of fused-ring (bicyclic) bond motifs is 1. The van der Waals surface area contributed by atoms with Crippen molar-refractivity contribution < 1.29 is 0 Å². The predicted molar refractivity (Wildman–Crippen MR) is 66.1 cm³/mol. The van der Waals surface area contributed by atoms with Crippen molar-refractivity contribution >= 4 is 23.2 Å². The van der Waals surface area contributed by atoms with E-state index in [2.05, 4.69) is 18.9 Å². The van der Waals surface area contributed by atoms with E-state index in [0.717, 1.165) is 19.5 Å². The average Bonchev–Trinajstić information content (AvgIpc) is 2.30. The minimum absolute atomic E-state index is 0.530. The molecule has 15 heavy (non-hydrogen) atoms. The summed E-state index contributed by atoms with van der Waals surface area (Å²) in [5, 5.41) is 1.35. The standard InChI is InChI=1S/C12H15Cl2N/c1-8-7-15(2)4-3-9-5-11(13)12(14)6-10(8)9/h5-6,8H,3-4,7H2,1-2H3/t8-/m0/s1. The van der Waals surface area contributed by atoms with E-state index in [-0.39, 0.29) is 0 Å². The monoisotopic (exact) mass is 243 g/mol. The molecule has 1 atom stereocenters. The number of nitrogens with zero attached hydrogens (tertiary/aromatic N) is 1. The van der Waals surface area contributed by atoms with Crippen LogP contribution in [0.1, 0.15) is 24.0 Å². The molecule has 0 aromatic heterocycles. The van der Waals surface area contributed by atoms with Gasteiger partial charge in [0.05, 0.1) is 10.0 Å². The maximum atomic E-state index is 6.06. The van der Waals surface area contributed by atoms with Crippen molar-refractivity contribution in [3.8, 4) is 0 Å². The molecule has 2 rings (SSSR count). The van der Waals surface area contributed by atoms with Gasteiger partial charge < -0.3 is 4.90 Å². The van der Waals surface area contributed by atoms with E-state index in [1.54, 1.807) is 0 Å². The summed E-state index contributed by atoms with van der Waals surface area (Å²) in [7, 11) is 2.16. The van der Waals surface area contributed by atoms with Crippen LogP contribution in [0.4, 0.5) is 0 Å². The number of benzene rings is 1. The molecule has 0 saturated heterocycles. The fourth-order valence-electron chi connectivity index (χ4n) is 2.25. The van der Waals surface area contributed by atoms with E-state index in [1.807, 2.05) is 12.1 Å². The Morgan fingerprint density at radius 2 is 1.93 bits per heavy atom. The highest BCUT2D eigenvalue weighted by atomic mass is 35.5. The zero-order valence-electron chi connectivity index (χ0n) is 9.06. The van der Waals surface area contributed by atoms with Crippen LogP contribution in [0.5, 0.6) is 0 Å². The van der Waals surface area contributed by atoms with Crippen molar-refractivity contribution in [1.29, 1.82) is 0 Å². The van der Waals surface area contributed by atoms with Crippen LogP contribution in [0.3, 0.4) is 0 Å². The third-order valence-corrected chi connectivity index (χ3v) is 3.78. The Morgan fingerprint density at radius 1 is 1.27 bits per heavy atom. The number of rotatable bonds is 0. The topological polar surface area (TPSA) is 3.24 Å². The number of likely N-dealkylation sites (N-methyl/N-ethyl adjacent to an activating group) is 1. The van der Waals surface area contributed by atoms with Crippen LogP contribution in [-0.2, 0) is 6.42 Å². The second-order valence-electron chi connectivity index (χ2n) is 4.38. The van der Waals surface area contributed by atoms with Crippen LogP contribution in [0, 0.1) is 0 Å². The summed E-state index contributed by atoms with van der Waals surface area (Å²) in [6.07, 6.45) is 1.06. The van der Waals surface area contributed by atoms with Gasteiger partial charge in [-0.05, 0) is 42.6 Å². The molecular formula is C12H15Cl2N. The fourth-order valence-corrected chi connectivity index (χ4v) is 2.61. The molecule has 0 aliphatic carbocycles. The van der Waals surface area contributed by atoms with Gasteiger partial charge in [-0.15, -0.1) is 0 Å². The lowest BCUT2D eigenvalue weighted by Gasteiger charge is -2.17. The molecule has 0 spiro atoms. The Morgan fingerprint density at radius 3 is 2.67 bits per heavy atom. The summed E-state index contributed by atoms with van der Waals surface area (Å²) in [5.41, 5.74) is 2.70. The van der Waals surface area contributed by atoms with Gasteiger partial charge >= 0.3 is 0 Å². The molecule has 0 fully saturated rings. The van der Waals surface area contributed by atoms with Crippen molar-refractivity contribution in [1.82, 2.24) is 4.90 Å². The van der Waals surface area contributed by atoms with Gasteiger partial charge in [-0.25, -0.2) is 0 Å². The van der Waals surface area contributed by atoms with Gasteiger partial charge in [0, 0.05) is 13.1 Å². The van der Waals surface area contributed by atoms with Gasteiger partial charge in [0.2, 0.25) is 0 Å². The van der Waals surface area contributed by atoms with E-state index in [0.29, 0.717) is 16.0 Å². The minimum atomic E-state index is 0.530. The zero-order valence-corrected chi connectivity index (χ0v) is 10.6. The summed E-state index contributed by atoms with van der Waals surface area (Å²) in [6, 6.07) is 4.05. The first-order valence-corrected chi connectivity index (χ1v) is 6.00. The first kappa shape index (κ1) is 11.3. The summed E-state index contributed by atoms with van der Waals surface area (Å²) in [5.74, 6) is 0.530. The van der Waals surface area contributed by atoms with Gasteiger partial charge in [-0.3, -0.25) is 0 Å². The van der Waals surface area contributed by atoms with Crippen molar-refractivity contribution in [2.75, 3.05) is 20.1 Å². The molecule has 0 bridgehead atoms. The maximum Gasteiger partial charge on any atom is 0.0595 e. The van der Waals surface area contributed by atoms with Gasteiger partial charge in [0.15, 0.2) is 0 Å². The summed E-state index contributed by atoms with van der Waals surface area (Å²) < 4.78 is 0. The molecule has 1 aliphatic heterocycles. The smallest absolute Gasteiger partial charge is 0.0595 e. The molecule has 0 amide bonds. The molecule has 0 saturated carbocycles. The summed E-state index contributed by atoms with van der Waals surface area (Å²) in [6.45, 7) is 4.42. The van der Waals surface area contributed by atoms with Crippen molar-refractivity contribution in [2.45, 2.75) is 19.3 Å². The highest BCUT2D eigenvalue weighted by molar-refractivity contribution is 6.42. The van der Waals surface area contributed by atoms with Crippen molar-refractivity contribution in [3.63, 3.8) is 0 Å². The molecule has 82 valence electrons. The molecule has 1 nitrogen and oxygen atoms in total. The number of hydrogen-bond donors (Lipinski definition) is 0. The Hall–Kier alpha value is -0.240. The van der Waals surface area contributed by atoms with Gasteiger partial charge in [-0.2, -0.15) is 0 Å². The highest BCUT2D eigenvalue weighted by Crippen LogP contribution is 2.32. The first-order chi connectivity index (χ1) is 7.08. The van der Waals surface area contributed by atoms with Gasteiger partial charge in [-0.1, -0.05) is 30.1 Å². The third kappa shape index (κ3) is 2.30. The molecule has 3 heteroatoms. The van der Waals surface area contributed by atoms with Crippen LogP contribution in [-0.4, -0.2) is 25.0 Å². The maximum absolute atomic E-state index is 6.06. The molecule has 1 aromatic carbocycles. The molecule has 1 heterocycles. The van der Waals surface area contributed by atoms with Crippen LogP contribution in [0.15, 0.2) is 12.1 Å². The lowest BCUT2D eigenvalue weighted by Crippen LogP contribution is -2.22. The minimum Gasteiger partial charge on any atom is -0.305 e. The first-order valence-electron chi connectivity index (χ1n) is 5.24. The highest BCUT2D eigenvalue weighted by Gasteiger charge is 2.18. The largest absolute Gasteiger partial charge is 0.305 e. The number of halogens is 2. The van der Waals surface area contributed by atoms with E-state index < -0.39 is 0 Å². The van der Waals surface area contributed by atoms with Crippen LogP contribution in [0.2, 0.25) is 10.0 Å². The Bertz CT molecular complexity index is 376. The summed E-state index contributed by atoms with van der Waals surface area (Å²) >= 11 is 12.1. The van der Waals surface area contributed by atoms with Crippen LogP contribution < -0.4 is 0 Å². The SMILES string of the molecule is C[C@H]1CN(C)CCc2cc(Cl)c(Cl)cc21. The second-order valence-corrected chi connectivity index (χ2v) is 5.19. The van der Waals surface area contributed by atoms with Crippen molar-refractivity contribution in [2.24, 2.45) is 0 Å². The van der Waals surface area contributed by atoms with E-state index >= 15 is 0 Å². The molecule has 1 aromatic rings. The second kappa shape index (κ2) is 4.32. The lowest BCUT2D eigenvalue weighted by atomic mass is 9.95. The van der Waals surface area contributed by atoms with Gasteiger partial charge in [0.1, 0.15) is 0 Å². The average molecular weight is 244 g/mol. The Labute approximate surface area is 101 Å². The van der Waals surface area contributed by atoms with E-state index in [1.165, 1.54) is 11.1 Å². The third-order valence-electron chi connectivity index (χ3n) is 3.06. The summed E-state index contributed by atoms with van der Waals surface area (Å²) in [4.78, 5) is 2.35. The molecule has 1 aliphatic rings. The Kier molecular flexibility index (Phi) is 3.24.